The Balaban J connectivity index is 2.70. The van der Waals surface area contributed by atoms with Gasteiger partial charge < -0.3 is 0 Å². The second-order valence-electron chi connectivity index (χ2n) is 5.57. The molecule has 0 fully saturated rings. The third-order valence-electron chi connectivity index (χ3n) is 2.48. The number of hydrogen-bond donors (Lipinski definition) is 1. The normalized spacial score (nSPS) is 12.4. The predicted octanol–water partition coefficient (Wildman–Crippen LogP) is 3.60. The van der Waals surface area contributed by atoms with E-state index in [0.29, 0.717) is 18.0 Å². The lowest BCUT2D eigenvalue weighted by Crippen LogP contribution is -2.20. The van der Waals surface area contributed by atoms with Gasteiger partial charge in [-0.1, -0.05) is 32.9 Å². The summed E-state index contributed by atoms with van der Waals surface area (Å²) in [6, 6.07) is 7.13. The number of sulfonamides is 1. The van der Waals surface area contributed by atoms with Gasteiger partial charge in [0.1, 0.15) is 0 Å². The standard InChI is InChI=1S/C13H20ClNO2S/c1-13(2,3)7-8-18(16,17)15-12-6-4-5-11(9-12)10-14/h4-6,9,15H,7-8,10H2,1-3H3. The summed E-state index contributed by atoms with van der Waals surface area (Å²) in [6.07, 6.45) is 0.623. The Morgan fingerprint density at radius 2 is 1.94 bits per heavy atom. The van der Waals surface area contributed by atoms with E-state index in [9.17, 15) is 8.42 Å². The van der Waals surface area contributed by atoms with Crippen LogP contribution in [0.3, 0.4) is 0 Å². The van der Waals surface area contributed by atoms with Crippen LogP contribution >= 0.6 is 11.6 Å². The Bertz CT molecular complexity index is 492. The molecule has 102 valence electrons. The van der Waals surface area contributed by atoms with E-state index in [4.69, 9.17) is 11.6 Å². The highest BCUT2D eigenvalue weighted by Crippen LogP contribution is 2.20. The second-order valence-corrected chi connectivity index (χ2v) is 7.67. The van der Waals surface area contributed by atoms with E-state index in [0.717, 1.165) is 5.56 Å². The fourth-order valence-corrected chi connectivity index (χ4v) is 3.02. The highest BCUT2D eigenvalue weighted by Gasteiger charge is 2.17. The number of alkyl halides is 1. The summed E-state index contributed by atoms with van der Waals surface area (Å²) < 4.78 is 26.4. The predicted molar refractivity (Wildman–Crippen MR) is 77.5 cm³/mol. The summed E-state index contributed by atoms with van der Waals surface area (Å²) in [6.45, 7) is 6.07. The van der Waals surface area contributed by atoms with Gasteiger partial charge in [-0.2, -0.15) is 0 Å². The van der Waals surface area contributed by atoms with Crippen LogP contribution in [0.1, 0.15) is 32.8 Å². The average Bonchev–Trinajstić information content (AvgIpc) is 2.25. The monoisotopic (exact) mass is 289 g/mol. The Kier molecular flexibility index (Phi) is 5.05. The summed E-state index contributed by atoms with van der Waals surface area (Å²) in [4.78, 5) is 0. The van der Waals surface area contributed by atoms with Crippen LogP contribution in [-0.2, 0) is 15.9 Å². The summed E-state index contributed by atoms with van der Waals surface area (Å²) in [5.41, 5.74) is 1.47. The number of nitrogens with one attached hydrogen (secondary N) is 1. The molecule has 0 aromatic heterocycles. The van der Waals surface area contributed by atoms with Crippen LogP contribution in [0.5, 0.6) is 0 Å². The molecule has 0 unspecified atom stereocenters. The van der Waals surface area contributed by atoms with E-state index in [1.807, 2.05) is 26.8 Å². The van der Waals surface area contributed by atoms with Crippen molar-refractivity contribution in [1.29, 1.82) is 0 Å². The lowest BCUT2D eigenvalue weighted by atomic mass is 9.94. The van der Waals surface area contributed by atoms with Crippen molar-refractivity contribution in [3.63, 3.8) is 0 Å². The second kappa shape index (κ2) is 5.93. The Hall–Kier alpha value is -0.740. The van der Waals surface area contributed by atoms with Crippen LogP contribution < -0.4 is 4.72 Å². The zero-order chi connectivity index (χ0) is 13.8. The minimum absolute atomic E-state index is 0.00668. The van der Waals surface area contributed by atoms with Gasteiger partial charge in [0.15, 0.2) is 0 Å². The minimum Gasteiger partial charge on any atom is -0.284 e. The first-order valence-corrected chi connectivity index (χ1v) is 8.06. The van der Waals surface area contributed by atoms with Crippen molar-refractivity contribution < 1.29 is 8.42 Å². The van der Waals surface area contributed by atoms with Gasteiger partial charge in [0.25, 0.3) is 0 Å². The minimum atomic E-state index is -3.29. The van der Waals surface area contributed by atoms with Gasteiger partial charge in [-0.3, -0.25) is 4.72 Å². The van der Waals surface area contributed by atoms with E-state index >= 15 is 0 Å². The maximum Gasteiger partial charge on any atom is 0.232 e. The smallest absolute Gasteiger partial charge is 0.232 e. The van der Waals surface area contributed by atoms with Crippen molar-refractivity contribution in [3.05, 3.63) is 29.8 Å². The molecule has 5 heteroatoms. The van der Waals surface area contributed by atoms with Crippen LogP contribution in [0.4, 0.5) is 5.69 Å². The quantitative estimate of drug-likeness (QED) is 0.842. The number of hydrogen-bond acceptors (Lipinski definition) is 2. The van der Waals surface area contributed by atoms with Crippen LogP contribution in [0, 0.1) is 5.41 Å². The average molecular weight is 290 g/mol. The van der Waals surface area contributed by atoms with Gasteiger partial charge in [-0.15, -0.1) is 11.6 Å². The fourth-order valence-electron chi connectivity index (χ4n) is 1.39. The van der Waals surface area contributed by atoms with Crippen molar-refractivity contribution in [3.8, 4) is 0 Å². The molecule has 0 atom stereocenters. The van der Waals surface area contributed by atoms with Crippen LogP contribution in [0.25, 0.3) is 0 Å². The Morgan fingerprint density at radius 3 is 2.50 bits per heavy atom. The molecule has 0 aliphatic rings. The zero-order valence-corrected chi connectivity index (χ0v) is 12.6. The van der Waals surface area contributed by atoms with E-state index in [1.54, 1.807) is 18.2 Å². The molecule has 1 aromatic carbocycles. The van der Waals surface area contributed by atoms with Crippen LogP contribution in [0.15, 0.2) is 24.3 Å². The molecule has 0 heterocycles. The third kappa shape index (κ3) is 5.74. The van der Waals surface area contributed by atoms with Gasteiger partial charge in [0, 0.05) is 11.6 Å². The van der Waals surface area contributed by atoms with E-state index in [-0.39, 0.29) is 11.2 Å². The zero-order valence-electron chi connectivity index (χ0n) is 11.0. The summed E-state index contributed by atoms with van der Waals surface area (Å²) >= 11 is 5.71. The van der Waals surface area contributed by atoms with Crippen molar-refractivity contribution in [2.75, 3.05) is 10.5 Å². The first kappa shape index (κ1) is 15.3. The molecule has 1 aromatic rings. The van der Waals surface area contributed by atoms with E-state index in [2.05, 4.69) is 4.72 Å². The van der Waals surface area contributed by atoms with Gasteiger partial charge >= 0.3 is 0 Å². The van der Waals surface area contributed by atoms with Crippen LogP contribution in [-0.4, -0.2) is 14.2 Å². The van der Waals surface area contributed by atoms with Crippen LogP contribution in [0.2, 0.25) is 0 Å². The number of halogens is 1. The number of benzene rings is 1. The Morgan fingerprint density at radius 1 is 1.28 bits per heavy atom. The third-order valence-corrected chi connectivity index (χ3v) is 4.07. The van der Waals surface area contributed by atoms with E-state index in [1.165, 1.54) is 0 Å². The van der Waals surface area contributed by atoms with Gasteiger partial charge in [-0.05, 0) is 29.5 Å². The number of rotatable bonds is 5. The molecule has 0 amide bonds. The summed E-state index contributed by atoms with van der Waals surface area (Å²) in [5.74, 6) is 0.499. The maximum atomic E-state index is 11.9. The summed E-state index contributed by atoms with van der Waals surface area (Å²) in [5, 5.41) is 0. The molecular weight excluding hydrogens is 270 g/mol. The molecular formula is C13H20ClNO2S. The van der Waals surface area contributed by atoms with Gasteiger partial charge in [0.05, 0.1) is 5.75 Å². The van der Waals surface area contributed by atoms with Crippen molar-refractivity contribution in [2.45, 2.75) is 33.1 Å². The lowest BCUT2D eigenvalue weighted by Gasteiger charge is -2.18. The van der Waals surface area contributed by atoms with E-state index < -0.39 is 10.0 Å². The highest BCUT2D eigenvalue weighted by molar-refractivity contribution is 7.92. The molecule has 18 heavy (non-hydrogen) atoms. The fraction of sp³-hybridized carbons (Fsp3) is 0.538. The molecule has 0 saturated heterocycles. The lowest BCUT2D eigenvalue weighted by molar-refractivity contribution is 0.397. The SMILES string of the molecule is CC(C)(C)CCS(=O)(=O)Nc1cccc(CCl)c1. The van der Waals surface area contributed by atoms with Gasteiger partial charge in [-0.25, -0.2) is 8.42 Å². The maximum absolute atomic E-state index is 11.9. The molecule has 3 nitrogen and oxygen atoms in total. The van der Waals surface area contributed by atoms with Crippen molar-refractivity contribution in [2.24, 2.45) is 5.41 Å². The molecule has 0 aliphatic carbocycles. The highest BCUT2D eigenvalue weighted by atomic mass is 35.5. The van der Waals surface area contributed by atoms with Gasteiger partial charge in [0.2, 0.25) is 10.0 Å². The molecule has 0 spiro atoms. The first-order valence-electron chi connectivity index (χ1n) is 5.87. The molecule has 1 N–H and O–H groups in total. The van der Waals surface area contributed by atoms with Crippen molar-refractivity contribution >= 4 is 27.3 Å². The molecule has 0 aliphatic heterocycles. The summed E-state index contributed by atoms with van der Waals surface area (Å²) in [7, 11) is -3.29. The molecule has 1 rings (SSSR count). The first-order chi connectivity index (χ1) is 8.22. The molecule has 0 radical (unpaired) electrons. The molecule has 0 bridgehead atoms. The topological polar surface area (TPSA) is 46.2 Å². The Labute approximate surface area is 115 Å². The largest absolute Gasteiger partial charge is 0.284 e. The van der Waals surface area contributed by atoms with Crippen molar-refractivity contribution in [1.82, 2.24) is 0 Å². The number of anilines is 1. The molecule has 0 saturated carbocycles.